The van der Waals surface area contributed by atoms with Crippen molar-refractivity contribution in [3.05, 3.63) is 33.8 Å². The van der Waals surface area contributed by atoms with Gasteiger partial charge in [-0.25, -0.2) is 0 Å². The Morgan fingerprint density at radius 2 is 2.06 bits per heavy atom. The van der Waals surface area contributed by atoms with Crippen LogP contribution in [0.3, 0.4) is 0 Å². The van der Waals surface area contributed by atoms with Gasteiger partial charge in [0.25, 0.3) is 0 Å². The van der Waals surface area contributed by atoms with Crippen LogP contribution in [-0.2, 0) is 12.8 Å². The van der Waals surface area contributed by atoms with Crippen LogP contribution in [0.1, 0.15) is 17.5 Å². The minimum absolute atomic E-state index is 0. The highest BCUT2D eigenvalue weighted by Gasteiger charge is 2.08. The Morgan fingerprint density at radius 3 is 2.62 bits per heavy atom. The zero-order valence-corrected chi connectivity index (χ0v) is 11.3. The summed E-state index contributed by atoms with van der Waals surface area (Å²) in [5.41, 5.74) is 7.52. The van der Waals surface area contributed by atoms with Crippen LogP contribution >= 0.6 is 28.3 Å². The lowest BCUT2D eigenvalue weighted by molar-refractivity contribution is 0.182. The van der Waals surface area contributed by atoms with E-state index in [1.165, 1.54) is 0 Å². The van der Waals surface area contributed by atoms with Gasteiger partial charge in [0, 0.05) is 17.5 Å². The number of halogens is 2. The predicted octanol–water partition coefficient (Wildman–Crippen LogP) is 1.62. The SMILES string of the molecule is Cl.N[C@H](O)Cc1cccc(Br)c1CCCO. The van der Waals surface area contributed by atoms with Crippen LogP contribution in [0.5, 0.6) is 0 Å². The highest BCUT2D eigenvalue weighted by molar-refractivity contribution is 9.10. The maximum absolute atomic E-state index is 9.16. The minimum Gasteiger partial charge on any atom is -0.396 e. The second-order valence-corrected chi connectivity index (χ2v) is 4.33. The summed E-state index contributed by atoms with van der Waals surface area (Å²) in [4.78, 5) is 0. The summed E-state index contributed by atoms with van der Waals surface area (Å²) in [5, 5.41) is 18.0. The van der Waals surface area contributed by atoms with Gasteiger partial charge in [-0.1, -0.05) is 28.1 Å². The summed E-state index contributed by atoms with van der Waals surface area (Å²) in [5.74, 6) is 0. The summed E-state index contributed by atoms with van der Waals surface area (Å²) in [6.45, 7) is 0.173. The predicted molar refractivity (Wildman–Crippen MR) is 70.7 cm³/mol. The largest absolute Gasteiger partial charge is 0.396 e. The Kier molecular flexibility index (Phi) is 7.97. The van der Waals surface area contributed by atoms with E-state index in [4.69, 9.17) is 15.9 Å². The van der Waals surface area contributed by atoms with Crippen molar-refractivity contribution in [2.45, 2.75) is 25.5 Å². The van der Waals surface area contributed by atoms with E-state index in [0.717, 1.165) is 28.4 Å². The van der Waals surface area contributed by atoms with Crippen LogP contribution in [0.15, 0.2) is 22.7 Å². The fourth-order valence-electron chi connectivity index (χ4n) is 1.56. The third-order valence-electron chi connectivity index (χ3n) is 2.23. The molecule has 0 spiro atoms. The highest BCUT2D eigenvalue weighted by Crippen LogP contribution is 2.22. The molecule has 1 aromatic rings. The normalized spacial score (nSPS) is 12.0. The summed E-state index contributed by atoms with van der Waals surface area (Å²) < 4.78 is 1.01. The van der Waals surface area contributed by atoms with Crippen LogP contribution in [0.2, 0.25) is 0 Å². The molecule has 92 valence electrons. The molecule has 0 radical (unpaired) electrons. The van der Waals surface area contributed by atoms with Crippen molar-refractivity contribution in [2.75, 3.05) is 6.61 Å². The van der Waals surface area contributed by atoms with Crippen molar-refractivity contribution in [2.24, 2.45) is 5.73 Å². The average molecular weight is 311 g/mol. The van der Waals surface area contributed by atoms with E-state index >= 15 is 0 Å². The third-order valence-corrected chi connectivity index (χ3v) is 2.97. The molecule has 0 heterocycles. The van der Waals surface area contributed by atoms with Gasteiger partial charge in [0.15, 0.2) is 0 Å². The fraction of sp³-hybridized carbons (Fsp3) is 0.455. The second-order valence-electron chi connectivity index (χ2n) is 3.48. The molecule has 0 fully saturated rings. The first-order valence-electron chi connectivity index (χ1n) is 4.96. The number of hydrogen-bond acceptors (Lipinski definition) is 3. The van der Waals surface area contributed by atoms with Crippen LogP contribution in [0.4, 0.5) is 0 Å². The molecule has 0 aliphatic rings. The monoisotopic (exact) mass is 309 g/mol. The molecule has 1 rings (SSSR count). The van der Waals surface area contributed by atoms with Crippen LogP contribution < -0.4 is 5.73 Å². The van der Waals surface area contributed by atoms with E-state index in [1.807, 2.05) is 18.2 Å². The highest BCUT2D eigenvalue weighted by atomic mass is 79.9. The Balaban J connectivity index is 0.00000225. The average Bonchev–Trinajstić information content (AvgIpc) is 2.16. The summed E-state index contributed by atoms with van der Waals surface area (Å²) in [6.07, 6.45) is 1.13. The van der Waals surface area contributed by atoms with Gasteiger partial charge >= 0.3 is 0 Å². The Labute approximate surface area is 110 Å². The van der Waals surface area contributed by atoms with Crippen molar-refractivity contribution in [1.29, 1.82) is 0 Å². The van der Waals surface area contributed by atoms with Crippen molar-refractivity contribution in [3.63, 3.8) is 0 Å². The summed E-state index contributed by atoms with van der Waals surface area (Å²) in [6, 6.07) is 5.83. The smallest absolute Gasteiger partial charge is 0.106 e. The van der Waals surface area contributed by atoms with E-state index in [1.54, 1.807) is 0 Å². The van der Waals surface area contributed by atoms with E-state index in [2.05, 4.69) is 15.9 Å². The van der Waals surface area contributed by atoms with Gasteiger partial charge in [-0.2, -0.15) is 0 Å². The van der Waals surface area contributed by atoms with Crippen LogP contribution in [0, 0.1) is 0 Å². The number of aliphatic hydroxyl groups is 2. The lowest BCUT2D eigenvalue weighted by Crippen LogP contribution is -2.22. The summed E-state index contributed by atoms with van der Waals surface area (Å²) in [7, 11) is 0. The molecular weight excluding hydrogens is 293 g/mol. The van der Waals surface area contributed by atoms with E-state index in [9.17, 15) is 0 Å². The number of benzene rings is 1. The molecule has 0 unspecified atom stereocenters. The van der Waals surface area contributed by atoms with Crippen molar-refractivity contribution in [1.82, 2.24) is 0 Å². The zero-order chi connectivity index (χ0) is 11.3. The number of hydrogen-bond donors (Lipinski definition) is 3. The Hall–Kier alpha value is -0.130. The molecule has 0 aliphatic carbocycles. The quantitative estimate of drug-likeness (QED) is 0.724. The van der Waals surface area contributed by atoms with Crippen molar-refractivity contribution < 1.29 is 10.2 Å². The first-order chi connectivity index (χ1) is 7.15. The summed E-state index contributed by atoms with van der Waals surface area (Å²) >= 11 is 3.46. The topological polar surface area (TPSA) is 66.5 Å². The standard InChI is InChI=1S/C11H16BrNO2.ClH/c12-10-5-1-3-8(7-11(13)15)9(10)4-2-6-14;/h1,3,5,11,14-15H,2,4,6-7,13H2;1H/t11-;/m1./s1. The Bertz CT molecular complexity index is 321. The molecule has 0 aromatic heterocycles. The lowest BCUT2D eigenvalue weighted by Gasteiger charge is -2.12. The van der Waals surface area contributed by atoms with Gasteiger partial charge in [-0.05, 0) is 30.0 Å². The lowest BCUT2D eigenvalue weighted by atomic mass is 10.00. The van der Waals surface area contributed by atoms with Crippen molar-refractivity contribution in [3.8, 4) is 0 Å². The molecule has 0 saturated carbocycles. The molecule has 16 heavy (non-hydrogen) atoms. The van der Waals surface area contributed by atoms with Gasteiger partial charge in [-0.3, -0.25) is 0 Å². The van der Waals surface area contributed by atoms with Gasteiger partial charge in [0.05, 0.1) is 0 Å². The van der Waals surface area contributed by atoms with E-state index < -0.39 is 6.23 Å². The van der Waals surface area contributed by atoms with Gasteiger partial charge in [0.2, 0.25) is 0 Å². The minimum atomic E-state index is -0.827. The molecule has 3 nitrogen and oxygen atoms in total. The maximum Gasteiger partial charge on any atom is 0.106 e. The maximum atomic E-state index is 9.16. The number of nitrogens with two attached hydrogens (primary N) is 1. The van der Waals surface area contributed by atoms with Crippen LogP contribution in [0.25, 0.3) is 0 Å². The molecule has 1 atom stereocenters. The molecule has 0 bridgehead atoms. The van der Waals surface area contributed by atoms with E-state index in [0.29, 0.717) is 6.42 Å². The number of rotatable bonds is 5. The van der Waals surface area contributed by atoms with Gasteiger partial charge in [0.1, 0.15) is 6.23 Å². The molecule has 0 saturated heterocycles. The van der Waals surface area contributed by atoms with Gasteiger partial charge in [-0.15, -0.1) is 12.4 Å². The first-order valence-corrected chi connectivity index (χ1v) is 5.75. The zero-order valence-electron chi connectivity index (χ0n) is 8.90. The Morgan fingerprint density at radius 1 is 1.38 bits per heavy atom. The second kappa shape index (κ2) is 8.03. The van der Waals surface area contributed by atoms with Crippen LogP contribution in [-0.4, -0.2) is 23.0 Å². The molecule has 1 aromatic carbocycles. The molecule has 5 heteroatoms. The van der Waals surface area contributed by atoms with Crippen molar-refractivity contribution >= 4 is 28.3 Å². The first kappa shape index (κ1) is 15.9. The molecule has 0 aliphatic heterocycles. The molecule has 4 N–H and O–H groups in total. The van der Waals surface area contributed by atoms with Gasteiger partial charge < -0.3 is 15.9 Å². The molecular formula is C11H17BrClNO2. The number of aliphatic hydroxyl groups excluding tert-OH is 2. The third kappa shape index (κ3) is 4.80. The fourth-order valence-corrected chi connectivity index (χ4v) is 2.16. The van der Waals surface area contributed by atoms with E-state index in [-0.39, 0.29) is 19.0 Å². The molecule has 0 amide bonds.